The van der Waals surface area contributed by atoms with Crippen molar-refractivity contribution in [1.29, 1.82) is 0 Å². The van der Waals surface area contributed by atoms with Crippen molar-refractivity contribution in [3.8, 4) is 0 Å². The average Bonchev–Trinajstić information content (AvgIpc) is 2.03. The summed E-state index contributed by atoms with van der Waals surface area (Å²) in [6.07, 6.45) is 0. The molecule has 7 nitrogen and oxygen atoms in total. The van der Waals surface area contributed by atoms with Crippen molar-refractivity contribution < 1.29 is 29.0 Å². The van der Waals surface area contributed by atoms with Gasteiger partial charge in [-0.05, 0) is 6.92 Å². The quantitative estimate of drug-likeness (QED) is 0.433. The summed E-state index contributed by atoms with van der Waals surface area (Å²) < 4.78 is 13.7. The van der Waals surface area contributed by atoms with Gasteiger partial charge in [-0.3, -0.25) is 9.36 Å². The zero-order valence-electron chi connectivity index (χ0n) is 7.14. The summed E-state index contributed by atoms with van der Waals surface area (Å²) in [5.74, 6) is -1.18. The topological polar surface area (TPSA) is 130 Å². The van der Waals surface area contributed by atoms with E-state index in [9.17, 15) is 9.36 Å². The fourth-order valence-corrected chi connectivity index (χ4v) is 0.449. The van der Waals surface area contributed by atoms with Crippen molar-refractivity contribution >= 4 is 14.2 Å². The number of rotatable bonds is 4. The Morgan fingerprint density at radius 3 is 2.15 bits per heavy atom. The SMILES string of the molecule is CCO[PH](=O)O.N[C@@H](CO)C(=O)O. The standard InChI is InChI=1S/C3H7NO3.C2H7O3P/c4-2(1-5)3(6)7;1-2-5-6(3)4/h2,5H,1,4H2,(H,6,7);6H,2H2,1H3,(H,3,4)/t2-;/m0./s1. The van der Waals surface area contributed by atoms with Crippen LogP contribution in [0, 0.1) is 0 Å². The molecule has 0 spiro atoms. The summed E-state index contributed by atoms with van der Waals surface area (Å²) in [6, 6.07) is -1.13. The molecule has 1 unspecified atom stereocenters. The molecule has 0 amide bonds. The summed E-state index contributed by atoms with van der Waals surface area (Å²) in [5, 5.41) is 15.9. The van der Waals surface area contributed by atoms with Crippen molar-refractivity contribution in [2.75, 3.05) is 13.2 Å². The second-order valence-electron chi connectivity index (χ2n) is 1.83. The van der Waals surface area contributed by atoms with Gasteiger partial charge in [0, 0.05) is 0 Å². The Labute approximate surface area is 76.1 Å². The number of aliphatic hydroxyl groups is 1. The zero-order valence-corrected chi connectivity index (χ0v) is 8.14. The Kier molecular flexibility index (Phi) is 11.1. The van der Waals surface area contributed by atoms with E-state index in [1.807, 2.05) is 0 Å². The molecule has 80 valence electrons. The molecule has 13 heavy (non-hydrogen) atoms. The molecule has 0 radical (unpaired) electrons. The third-order valence-electron chi connectivity index (χ3n) is 0.782. The van der Waals surface area contributed by atoms with Crippen LogP contribution in [0.25, 0.3) is 0 Å². The van der Waals surface area contributed by atoms with Gasteiger partial charge in [-0.2, -0.15) is 0 Å². The van der Waals surface area contributed by atoms with Gasteiger partial charge in [-0.25, -0.2) is 0 Å². The molecule has 2 atom stereocenters. The monoisotopic (exact) mass is 215 g/mol. The van der Waals surface area contributed by atoms with Crippen molar-refractivity contribution in [1.82, 2.24) is 0 Å². The number of hydrogen-bond donors (Lipinski definition) is 4. The highest BCUT2D eigenvalue weighted by molar-refractivity contribution is 7.32. The predicted molar refractivity (Wildman–Crippen MR) is 45.5 cm³/mol. The van der Waals surface area contributed by atoms with E-state index in [0.717, 1.165) is 0 Å². The van der Waals surface area contributed by atoms with Crippen LogP contribution in [0.4, 0.5) is 0 Å². The lowest BCUT2D eigenvalue weighted by atomic mass is 10.3. The van der Waals surface area contributed by atoms with Gasteiger partial charge in [-0.15, -0.1) is 0 Å². The number of nitrogens with two attached hydrogens (primary N) is 1. The lowest BCUT2D eigenvalue weighted by molar-refractivity contribution is -0.139. The van der Waals surface area contributed by atoms with Gasteiger partial charge in [-0.1, -0.05) is 0 Å². The van der Waals surface area contributed by atoms with Crippen LogP contribution in [0.1, 0.15) is 6.92 Å². The number of carbonyl (C=O) groups is 1. The van der Waals surface area contributed by atoms with Crippen molar-refractivity contribution in [2.24, 2.45) is 5.73 Å². The second kappa shape index (κ2) is 9.63. The molecule has 0 saturated heterocycles. The second-order valence-corrected chi connectivity index (χ2v) is 2.65. The Morgan fingerprint density at radius 2 is 2.15 bits per heavy atom. The molecule has 0 aromatic rings. The molecule has 5 N–H and O–H groups in total. The minimum Gasteiger partial charge on any atom is -0.480 e. The number of carboxylic acid groups (broad SMARTS) is 1. The van der Waals surface area contributed by atoms with Gasteiger partial charge in [0.2, 0.25) is 0 Å². The molecule has 0 rings (SSSR count). The average molecular weight is 215 g/mol. The van der Waals surface area contributed by atoms with Crippen LogP contribution in [0.5, 0.6) is 0 Å². The van der Waals surface area contributed by atoms with E-state index in [1.165, 1.54) is 0 Å². The molecule has 0 aliphatic heterocycles. The van der Waals surface area contributed by atoms with Gasteiger partial charge >= 0.3 is 14.2 Å². The Morgan fingerprint density at radius 1 is 1.69 bits per heavy atom. The van der Waals surface area contributed by atoms with Gasteiger partial charge < -0.3 is 25.4 Å². The van der Waals surface area contributed by atoms with E-state index in [2.05, 4.69) is 4.52 Å². The Hall–Kier alpha value is -0.460. The fourth-order valence-electron chi connectivity index (χ4n) is 0.202. The van der Waals surface area contributed by atoms with E-state index in [1.54, 1.807) is 6.92 Å². The highest BCUT2D eigenvalue weighted by Gasteiger charge is 2.06. The normalized spacial score (nSPS) is 13.8. The van der Waals surface area contributed by atoms with E-state index in [0.29, 0.717) is 6.61 Å². The Bertz CT molecular complexity index is 163. The lowest BCUT2D eigenvalue weighted by Gasteiger charge is -1.96. The van der Waals surface area contributed by atoms with E-state index >= 15 is 0 Å². The molecule has 0 saturated carbocycles. The van der Waals surface area contributed by atoms with Crippen LogP contribution in [0.15, 0.2) is 0 Å². The smallest absolute Gasteiger partial charge is 0.322 e. The van der Waals surface area contributed by atoms with Crippen LogP contribution in [-0.2, 0) is 13.9 Å². The molecular weight excluding hydrogens is 201 g/mol. The predicted octanol–water partition coefficient (Wildman–Crippen LogP) is -1.20. The molecule has 0 heterocycles. The maximum Gasteiger partial charge on any atom is 0.322 e. The molecule has 0 aromatic heterocycles. The fraction of sp³-hybridized carbons (Fsp3) is 0.800. The van der Waals surface area contributed by atoms with E-state index in [-0.39, 0.29) is 0 Å². The maximum absolute atomic E-state index is 9.65. The lowest BCUT2D eigenvalue weighted by Crippen LogP contribution is -2.33. The summed E-state index contributed by atoms with van der Waals surface area (Å²) in [7, 11) is -2.64. The maximum atomic E-state index is 9.65. The molecular formula is C5H14NO6P. The molecule has 0 aliphatic rings. The minimum atomic E-state index is -2.64. The van der Waals surface area contributed by atoms with Crippen molar-refractivity contribution in [3.05, 3.63) is 0 Å². The summed E-state index contributed by atoms with van der Waals surface area (Å²) in [4.78, 5) is 17.5. The number of aliphatic carboxylic acids is 1. The summed E-state index contributed by atoms with van der Waals surface area (Å²) >= 11 is 0. The summed E-state index contributed by atoms with van der Waals surface area (Å²) in [6.45, 7) is 1.47. The highest BCUT2D eigenvalue weighted by atomic mass is 31.1. The molecule has 0 aromatic carbocycles. The minimum absolute atomic E-state index is 0.314. The number of aliphatic hydroxyl groups excluding tert-OH is 1. The van der Waals surface area contributed by atoms with Crippen molar-refractivity contribution in [2.45, 2.75) is 13.0 Å². The van der Waals surface area contributed by atoms with Crippen LogP contribution < -0.4 is 5.73 Å². The van der Waals surface area contributed by atoms with Crippen LogP contribution in [0.3, 0.4) is 0 Å². The first-order valence-corrected chi connectivity index (χ1v) is 4.67. The van der Waals surface area contributed by atoms with Gasteiger partial charge in [0.25, 0.3) is 0 Å². The molecule has 0 bridgehead atoms. The van der Waals surface area contributed by atoms with E-state index in [4.69, 9.17) is 20.8 Å². The third kappa shape index (κ3) is 14.4. The first-order valence-electron chi connectivity index (χ1n) is 3.40. The first kappa shape index (κ1) is 15.0. The van der Waals surface area contributed by atoms with Gasteiger partial charge in [0.15, 0.2) is 0 Å². The van der Waals surface area contributed by atoms with Gasteiger partial charge in [0.1, 0.15) is 6.04 Å². The van der Waals surface area contributed by atoms with E-state index < -0.39 is 26.9 Å². The number of hydrogen-bond acceptors (Lipinski definition) is 5. The molecule has 0 aliphatic carbocycles. The largest absolute Gasteiger partial charge is 0.480 e. The van der Waals surface area contributed by atoms with Crippen LogP contribution in [-0.4, -0.2) is 40.3 Å². The highest BCUT2D eigenvalue weighted by Crippen LogP contribution is 2.12. The Balaban J connectivity index is 0. The van der Waals surface area contributed by atoms with Gasteiger partial charge in [0.05, 0.1) is 13.2 Å². The van der Waals surface area contributed by atoms with Crippen LogP contribution >= 0.6 is 8.25 Å². The van der Waals surface area contributed by atoms with Crippen LogP contribution in [0.2, 0.25) is 0 Å². The molecule has 8 heteroatoms. The first-order chi connectivity index (χ1) is 5.95. The number of carboxylic acids is 1. The molecule has 0 fully saturated rings. The summed E-state index contributed by atoms with van der Waals surface area (Å²) in [5.41, 5.74) is 4.77. The third-order valence-corrected chi connectivity index (χ3v) is 1.32. The van der Waals surface area contributed by atoms with Crippen molar-refractivity contribution in [3.63, 3.8) is 0 Å². The zero-order chi connectivity index (χ0) is 10.9.